The van der Waals surface area contributed by atoms with Gasteiger partial charge in [0.1, 0.15) is 5.75 Å². The topological polar surface area (TPSA) is 70.7 Å². The Kier molecular flexibility index (Phi) is 5.99. The van der Waals surface area contributed by atoms with Gasteiger partial charge in [-0.15, -0.1) is 0 Å². The molecule has 1 atom stereocenters. The molecule has 28 heavy (non-hydrogen) atoms. The molecule has 0 bridgehead atoms. The van der Waals surface area contributed by atoms with Crippen molar-refractivity contribution >= 4 is 17.5 Å². The number of benzene rings is 2. The number of hydrogen-bond donors (Lipinski definition) is 2. The number of nitrogens with one attached hydrogen (secondary N) is 2. The quantitative estimate of drug-likeness (QED) is 0.781. The maximum Gasteiger partial charge on any atom is 0.313 e. The average Bonchev–Trinajstić information content (AvgIpc) is 3.13. The van der Waals surface area contributed by atoms with Crippen LogP contribution in [0.4, 0.5) is 5.69 Å². The number of aryl methyl sites for hydroxylation is 1. The van der Waals surface area contributed by atoms with Crippen LogP contribution in [0.2, 0.25) is 0 Å². The Labute approximate surface area is 165 Å². The normalized spacial score (nSPS) is 13.6. The van der Waals surface area contributed by atoms with Crippen LogP contribution in [-0.4, -0.2) is 44.0 Å². The second kappa shape index (κ2) is 8.44. The van der Waals surface area contributed by atoms with E-state index in [9.17, 15) is 9.59 Å². The van der Waals surface area contributed by atoms with E-state index in [0.717, 1.165) is 28.9 Å². The van der Waals surface area contributed by atoms with Crippen molar-refractivity contribution in [1.29, 1.82) is 0 Å². The lowest BCUT2D eigenvalue weighted by Gasteiger charge is -2.25. The van der Waals surface area contributed by atoms with E-state index in [1.54, 1.807) is 6.07 Å². The Hall–Kier alpha value is -2.86. The summed E-state index contributed by atoms with van der Waals surface area (Å²) in [4.78, 5) is 26.7. The SMILES string of the molecule is Cc1cccc(NC(=O)C(=O)NCC(c2ccc3c(c2)CCO3)N(C)C)c1C. The highest BCUT2D eigenvalue weighted by Crippen LogP contribution is 2.29. The van der Waals surface area contributed by atoms with Crippen molar-refractivity contribution in [2.24, 2.45) is 0 Å². The monoisotopic (exact) mass is 381 g/mol. The van der Waals surface area contributed by atoms with Crippen molar-refractivity contribution in [2.45, 2.75) is 26.3 Å². The Morgan fingerprint density at radius 1 is 1.14 bits per heavy atom. The van der Waals surface area contributed by atoms with Crippen LogP contribution in [0.25, 0.3) is 0 Å². The number of amides is 2. The summed E-state index contributed by atoms with van der Waals surface area (Å²) >= 11 is 0. The Morgan fingerprint density at radius 2 is 1.93 bits per heavy atom. The number of carbonyl (C=O) groups excluding carboxylic acids is 2. The van der Waals surface area contributed by atoms with Gasteiger partial charge in [0.2, 0.25) is 0 Å². The first-order valence-electron chi connectivity index (χ1n) is 9.44. The number of carbonyl (C=O) groups is 2. The molecular formula is C22H27N3O3. The van der Waals surface area contributed by atoms with E-state index < -0.39 is 11.8 Å². The molecular weight excluding hydrogens is 354 g/mol. The molecule has 3 rings (SSSR count). The number of anilines is 1. The van der Waals surface area contributed by atoms with Gasteiger partial charge in [0, 0.05) is 18.7 Å². The lowest BCUT2D eigenvalue weighted by molar-refractivity contribution is -0.136. The zero-order valence-corrected chi connectivity index (χ0v) is 16.8. The molecule has 0 saturated carbocycles. The first-order valence-corrected chi connectivity index (χ1v) is 9.44. The maximum atomic E-state index is 12.3. The van der Waals surface area contributed by atoms with Gasteiger partial charge in [-0.1, -0.05) is 24.3 Å². The van der Waals surface area contributed by atoms with Gasteiger partial charge in [-0.2, -0.15) is 0 Å². The van der Waals surface area contributed by atoms with E-state index in [-0.39, 0.29) is 6.04 Å². The fraction of sp³-hybridized carbons (Fsp3) is 0.364. The minimum atomic E-state index is -0.659. The first kappa shape index (κ1) is 19.9. The summed E-state index contributed by atoms with van der Waals surface area (Å²) in [7, 11) is 3.91. The van der Waals surface area contributed by atoms with E-state index in [1.807, 2.05) is 57.1 Å². The number of nitrogens with zero attached hydrogens (tertiary/aromatic N) is 1. The predicted octanol–water partition coefficient (Wildman–Crippen LogP) is 2.60. The van der Waals surface area contributed by atoms with Gasteiger partial charge in [0.25, 0.3) is 0 Å². The van der Waals surface area contributed by atoms with Crippen LogP contribution in [0.15, 0.2) is 36.4 Å². The van der Waals surface area contributed by atoms with Crippen molar-refractivity contribution in [3.63, 3.8) is 0 Å². The third kappa shape index (κ3) is 4.34. The van der Waals surface area contributed by atoms with E-state index >= 15 is 0 Å². The zero-order chi connectivity index (χ0) is 20.3. The molecule has 148 valence electrons. The van der Waals surface area contributed by atoms with Gasteiger partial charge in [-0.3, -0.25) is 9.59 Å². The molecule has 0 aliphatic carbocycles. The molecule has 2 aromatic rings. The maximum absolute atomic E-state index is 12.3. The molecule has 2 amide bonds. The zero-order valence-electron chi connectivity index (χ0n) is 16.8. The van der Waals surface area contributed by atoms with Gasteiger partial charge < -0.3 is 20.3 Å². The lowest BCUT2D eigenvalue weighted by atomic mass is 10.0. The molecule has 2 aromatic carbocycles. The van der Waals surface area contributed by atoms with Crippen molar-refractivity contribution < 1.29 is 14.3 Å². The molecule has 0 saturated heterocycles. The van der Waals surface area contributed by atoms with Crippen LogP contribution in [0.1, 0.15) is 28.3 Å². The van der Waals surface area contributed by atoms with Crippen molar-refractivity contribution in [3.8, 4) is 5.75 Å². The largest absolute Gasteiger partial charge is 0.493 e. The molecule has 6 nitrogen and oxygen atoms in total. The van der Waals surface area contributed by atoms with Gasteiger partial charge >= 0.3 is 11.8 Å². The highest BCUT2D eigenvalue weighted by Gasteiger charge is 2.21. The number of hydrogen-bond acceptors (Lipinski definition) is 4. The van der Waals surface area contributed by atoms with E-state index in [0.29, 0.717) is 18.8 Å². The third-order valence-electron chi connectivity index (χ3n) is 5.24. The fourth-order valence-corrected chi connectivity index (χ4v) is 3.35. The Bertz CT molecular complexity index is 893. The summed E-state index contributed by atoms with van der Waals surface area (Å²) in [6.45, 7) is 4.93. The van der Waals surface area contributed by atoms with Gasteiger partial charge in [-0.05, 0) is 62.3 Å². The molecule has 1 heterocycles. The van der Waals surface area contributed by atoms with E-state index in [4.69, 9.17) is 4.74 Å². The summed E-state index contributed by atoms with van der Waals surface area (Å²) in [5.41, 5.74) is 4.94. The second-order valence-corrected chi connectivity index (χ2v) is 7.36. The van der Waals surface area contributed by atoms with Crippen molar-refractivity contribution in [3.05, 3.63) is 58.7 Å². The summed E-state index contributed by atoms with van der Waals surface area (Å²) in [5, 5.41) is 5.46. The van der Waals surface area contributed by atoms with Gasteiger partial charge in [0.15, 0.2) is 0 Å². The molecule has 0 radical (unpaired) electrons. The molecule has 1 aliphatic heterocycles. The van der Waals surface area contributed by atoms with E-state index in [2.05, 4.69) is 16.7 Å². The molecule has 0 spiro atoms. The van der Waals surface area contributed by atoms with Crippen LogP contribution >= 0.6 is 0 Å². The van der Waals surface area contributed by atoms with Crippen LogP contribution < -0.4 is 15.4 Å². The molecule has 0 aromatic heterocycles. The first-order chi connectivity index (χ1) is 13.4. The highest BCUT2D eigenvalue weighted by molar-refractivity contribution is 6.39. The molecule has 0 fully saturated rings. The summed E-state index contributed by atoms with van der Waals surface area (Å²) < 4.78 is 5.56. The molecule has 6 heteroatoms. The summed E-state index contributed by atoms with van der Waals surface area (Å²) in [5.74, 6) is -0.371. The Balaban J connectivity index is 1.64. The summed E-state index contributed by atoms with van der Waals surface area (Å²) in [6.07, 6.45) is 0.897. The van der Waals surface area contributed by atoms with Crippen LogP contribution in [0.3, 0.4) is 0 Å². The van der Waals surface area contributed by atoms with Crippen molar-refractivity contribution in [2.75, 3.05) is 32.6 Å². The smallest absolute Gasteiger partial charge is 0.313 e. The minimum Gasteiger partial charge on any atom is -0.493 e. The number of fused-ring (bicyclic) bond motifs is 1. The van der Waals surface area contributed by atoms with Crippen LogP contribution in [-0.2, 0) is 16.0 Å². The van der Waals surface area contributed by atoms with Gasteiger partial charge in [0.05, 0.1) is 12.6 Å². The standard InChI is InChI=1S/C22H27N3O3/c1-14-6-5-7-18(15(14)2)24-22(27)21(26)23-13-19(25(3)4)16-8-9-20-17(12-16)10-11-28-20/h5-9,12,19H,10-11,13H2,1-4H3,(H,23,26)(H,24,27). The average molecular weight is 381 g/mol. The van der Waals surface area contributed by atoms with Crippen molar-refractivity contribution in [1.82, 2.24) is 10.2 Å². The van der Waals surface area contributed by atoms with Gasteiger partial charge in [-0.25, -0.2) is 0 Å². The molecule has 1 aliphatic rings. The molecule has 1 unspecified atom stereocenters. The molecule has 2 N–H and O–H groups in total. The summed E-state index contributed by atoms with van der Waals surface area (Å²) in [6, 6.07) is 11.7. The van der Waals surface area contributed by atoms with Crippen LogP contribution in [0.5, 0.6) is 5.75 Å². The van der Waals surface area contributed by atoms with Crippen LogP contribution in [0, 0.1) is 13.8 Å². The number of rotatable bonds is 5. The Morgan fingerprint density at radius 3 is 2.68 bits per heavy atom. The second-order valence-electron chi connectivity index (χ2n) is 7.36. The highest BCUT2D eigenvalue weighted by atomic mass is 16.5. The minimum absolute atomic E-state index is 0.0386. The number of ether oxygens (including phenoxy) is 1. The van der Waals surface area contributed by atoms with E-state index in [1.165, 1.54) is 5.56 Å². The lowest BCUT2D eigenvalue weighted by Crippen LogP contribution is -2.40. The number of likely N-dealkylation sites (N-methyl/N-ethyl adjacent to an activating group) is 1. The third-order valence-corrected chi connectivity index (χ3v) is 5.24. The fourth-order valence-electron chi connectivity index (χ4n) is 3.35. The predicted molar refractivity (Wildman–Crippen MR) is 110 cm³/mol.